The summed E-state index contributed by atoms with van der Waals surface area (Å²) >= 11 is 4.35. The van der Waals surface area contributed by atoms with Crippen molar-refractivity contribution in [3.8, 4) is 0 Å². The van der Waals surface area contributed by atoms with Crippen molar-refractivity contribution in [2.24, 2.45) is 0 Å². The molecule has 0 amide bonds. The summed E-state index contributed by atoms with van der Waals surface area (Å²) in [5.41, 5.74) is 0.213. The zero-order valence-electron chi connectivity index (χ0n) is 10.3. The number of hydrogen-bond acceptors (Lipinski definition) is 5. The van der Waals surface area contributed by atoms with Gasteiger partial charge < -0.3 is 4.74 Å². The predicted octanol–water partition coefficient (Wildman–Crippen LogP) is 3.10. The number of esters is 1. The number of rotatable bonds is 4. The molecule has 0 radical (unpaired) electrons. The lowest BCUT2D eigenvalue weighted by Gasteiger charge is -2.08. The highest BCUT2D eigenvalue weighted by Gasteiger charge is 2.20. The largest absolute Gasteiger partial charge is 0.465 e. The van der Waals surface area contributed by atoms with Gasteiger partial charge in [0.2, 0.25) is 0 Å². The minimum absolute atomic E-state index is 0.114. The van der Waals surface area contributed by atoms with Gasteiger partial charge in [-0.1, -0.05) is 15.9 Å². The highest BCUT2D eigenvalue weighted by atomic mass is 79.9. The second-order valence-electron chi connectivity index (χ2n) is 3.71. The van der Waals surface area contributed by atoms with Gasteiger partial charge in [0.25, 0.3) is 10.0 Å². The number of halogens is 1. The van der Waals surface area contributed by atoms with Gasteiger partial charge in [-0.05, 0) is 35.7 Å². The number of ether oxygens (including phenoxy) is 1. The Labute approximate surface area is 128 Å². The Morgan fingerprint density at radius 2 is 1.90 bits per heavy atom. The highest BCUT2D eigenvalue weighted by molar-refractivity contribution is 9.10. The van der Waals surface area contributed by atoms with Crippen LogP contribution in [-0.2, 0) is 14.8 Å². The molecule has 0 aliphatic carbocycles. The fourth-order valence-corrected chi connectivity index (χ4v) is 3.62. The molecule has 1 heterocycles. The minimum atomic E-state index is -3.74. The summed E-state index contributed by atoms with van der Waals surface area (Å²) in [6.45, 7) is 0. The van der Waals surface area contributed by atoms with Crippen LogP contribution in [0.25, 0.3) is 0 Å². The Bertz CT molecular complexity index is 722. The number of nitrogens with one attached hydrogen (secondary N) is 1. The normalized spacial score (nSPS) is 11.1. The zero-order chi connectivity index (χ0) is 14.8. The number of methoxy groups -OCH3 is 1. The summed E-state index contributed by atoms with van der Waals surface area (Å²) in [5.74, 6) is -0.575. The number of carbonyl (C=O) groups excluding carboxylic acids is 1. The van der Waals surface area contributed by atoms with Crippen LogP contribution < -0.4 is 4.72 Å². The van der Waals surface area contributed by atoms with E-state index in [1.54, 1.807) is 17.5 Å². The summed E-state index contributed by atoms with van der Waals surface area (Å²) in [7, 11) is -2.49. The molecule has 0 saturated heterocycles. The van der Waals surface area contributed by atoms with Crippen LogP contribution in [0, 0.1) is 0 Å². The zero-order valence-corrected chi connectivity index (χ0v) is 13.5. The maximum absolute atomic E-state index is 12.2. The van der Waals surface area contributed by atoms with Crippen LogP contribution in [0.3, 0.4) is 0 Å². The number of hydrogen-bond donors (Lipinski definition) is 1. The fourth-order valence-electron chi connectivity index (χ4n) is 1.46. The summed E-state index contributed by atoms with van der Waals surface area (Å²) < 4.78 is 32.2. The molecule has 0 fully saturated rings. The van der Waals surface area contributed by atoms with Crippen molar-refractivity contribution >= 4 is 48.9 Å². The summed E-state index contributed by atoms with van der Waals surface area (Å²) in [6.07, 6.45) is 0. The second-order valence-corrected chi connectivity index (χ2v) is 7.23. The molecule has 1 aromatic heterocycles. The van der Waals surface area contributed by atoms with E-state index in [0.29, 0.717) is 0 Å². The quantitative estimate of drug-likeness (QED) is 0.833. The first-order chi connectivity index (χ1) is 9.44. The third-order valence-corrected chi connectivity index (χ3v) is 5.21. The summed E-state index contributed by atoms with van der Waals surface area (Å²) in [5, 5.41) is 1.62. The van der Waals surface area contributed by atoms with E-state index < -0.39 is 16.0 Å². The molecule has 0 saturated carbocycles. The van der Waals surface area contributed by atoms with Crippen molar-refractivity contribution in [1.29, 1.82) is 0 Å². The lowest BCUT2D eigenvalue weighted by molar-refractivity contribution is 0.0607. The topological polar surface area (TPSA) is 72.5 Å². The molecule has 0 atom stereocenters. The Morgan fingerprint density at radius 3 is 2.50 bits per heavy atom. The van der Waals surface area contributed by atoms with E-state index in [9.17, 15) is 13.2 Å². The van der Waals surface area contributed by atoms with E-state index in [1.165, 1.54) is 25.3 Å². The molecule has 8 heteroatoms. The smallest absolute Gasteiger partial charge is 0.350 e. The molecule has 0 unspecified atom stereocenters. The summed E-state index contributed by atoms with van der Waals surface area (Å²) in [6, 6.07) is 7.72. The third-order valence-electron chi connectivity index (χ3n) is 2.40. The number of thiophene rings is 1. The van der Waals surface area contributed by atoms with Gasteiger partial charge in [-0.25, -0.2) is 13.2 Å². The molecule has 5 nitrogen and oxygen atoms in total. The van der Waals surface area contributed by atoms with E-state index in [2.05, 4.69) is 25.4 Å². The molecule has 0 aliphatic heterocycles. The predicted molar refractivity (Wildman–Crippen MR) is 80.6 cm³/mol. The van der Waals surface area contributed by atoms with Crippen LogP contribution in [0.4, 0.5) is 5.69 Å². The Hall–Kier alpha value is -1.38. The first-order valence-electron chi connectivity index (χ1n) is 5.38. The van der Waals surface area contributed by atoms with E-state index in [1.807, 2.05) is 0 Å². The van der Waals surface area contributed by atoms with Crippen molar-refractivity contribution < 1.29 is 17.9 Å². The van der Waals surface area contributed by atoms with Crippen LogP contribution in [0.2, 0.25) is 0 Å². The molecule has 2 aromatic rings. The molecule has 1 aromatic carbocycles. The van der Waals surface area contributed by atoms with Gasteiger partial charge in [0.1, 0.15) is 4.88 Å². The van der Waals surface area contributed by atoms with Gasteiger partial charge in [-0.2, -0.15) is 0 Å². The third kappa shape index (κ3) is 3.20. The number of carbonyl (C=O) groups is 1. The van der Waals surface area contributed by atoms with Crippen molar-refractivity contribution in [2.75, 3.05) is 11.8 Å². The lowest BCUT2D eigenvalue weighted by atomic mass is 10.4. The van der Waals surface area contributed by atoms with Crippen LogP contribution in [0.15, 0.2) is 45.1 Å². The van der Waals surface area contributed by atoms with Crippen molar-refractivity contribution in [3.63, 3.8) is 0 Å². The van der Waals surface area contributed by atoms with E-state index >= 15 is 0 Å². The first kappa shape index (κ1) is 15.0. The molecule has 106 valence electrons. The Morgan fingerprint density at radius 1 is 1.25 bits per heavy atom. The molecule has 0 spiro atoms. The van der Waals surface area contributed by atoms with Crippen LogP contribution in [-0.4, -0.2) is 21.5 Å². The molecule has 0 bridgehead atoms. The maximum Gasteiger partial charge on any atom is 0.350 e. The monoisotopic (exact) mass is 375 g/mol. The Balaban J connectivity index is 2.32. The molecular formula is C12H10BrNO4S2. The standard InChI is InChI=1S/C12H10BrNO4S2/c1-18-12(15)11-10(6-7-19-11)14-20(16,17)9-4-2-8(13)3-5-9/h2-7,14H,1H3. The average molecular weight is 376 g/mol. The fraction of sp³-hybridized carbons (Fsp3) is 0.0833. The van der Waals surface area contributed by atoms with Crippen molar-refractivity contribution in [3.05, 3.63) is 45.1 Å². The molecule has 1 N–H and O–H groups in total. The maximum atomic E-state index is 12.2. The summed E-state index contributed by atoms with van der Waals surface area (Å²) in [4.78, 5) is 11.8. The Kier molecular flexibility index (Phi) is 4.46. The number of anilines is 1. The van der Waals surface area contributed by atoms with Gasteiger partial charge in [0, 0.05) is 4.47 Å². The molecular weight excluding hydrogens is 366 g/mol. The first-order valence-corrected chi connectivity index (χ1v) is 8.54. The van der Waals surface area contributed by atoms with E-state index in [-0.39, 0.29) is 15.5 Å². The number of benzene rings is 1. The molecule has 20 heavy (non-hydrogen) atoms. The van der Waals surface area contributed by atoms with Gasteiger partial charge in [0.15, 0.2) is 0 Å². The molecule has 2 rings (SSSR count). The average Bonchev–Trinajstić information content (AvgIpc) is 2.85. The molecule has 0 aliphatic rings. The van der Waals surface area contributed by atoms with Crippen molar-refractivity contribution in [1.82, 2.24) is 0 Å². The number of sulfonamides is 1. The highest BCUT2D eigenvalue weighted by Crippen LogP contribution is 2.26. The van der Waals surface area contributed by atoms with Crippen LogP contribution >= 0.6 is 27.3 Å². The second kappa shape index (κ2) is 5.94. The van der Waals surface area contributed by atoms with Crippen molar-refractivity contribution in [2.45, 2.75) is 4.90 Å². The van der Waals surface area contributed by atoms with E-state index in [4.69, 9.17) is 0 Å². The van der Waals surface area contributed by atoms with Gasteiger partial charge in [-0.15, -0.1) is 11.3 Å². The van der Waals surface area contributed by atoms with Crippen LogP contribution in [0.1, 0.15) is 9.67 Å². The minimum Gasteiger partial charge on any atom is -0.465 e. The van der Waals surface area contributed by atoms with Gasteiger partial charge in [0.05, 0.1) is 17.7 Å². The van der Waals surface area contributed by atoms with Gasteiger partial charge >= 0.3 is 5.97 Å². The van der Waals surface area contributed by atoms with Crippen LogP contribution in [0.5, 0.6) is 0 Å². The van der Waals surface area contributed by atoms with E-state index in [0.717, 1.165) is 15.8 Å². The van der Waals surface area contributed by atoms with Gasteiger partial charge in [-0.3, -0.25) is 4.72 Å². The lowest BCUT2D eigenvalue weighted by Crippen LogP contribution is -2.14. The SMILES string of the molecule is COC(=O)c1sccc1NS(=O)(=O)c1ccc(Br)cc1.